The third-order valence-electron chi connectivity index (χ3n) is 6.72. The highest BCUT2D eigenvalue weighted by Crippen LogP contribution is 2.43. The zero-order valence-electron chi connectivity index (χ0n) is 23.2. The van der Waals surface area contributed by atoms with Gasteiger partial charge in [0.05, 0.1) is 52.8 Å². The number of methoxy groups -OCH3 is 4. The van der Waals surface area contributed by atoms with Gasteiger partial charge in [-0.1, -0.05) is 24.3 Å². The van der Waals surface area contributed by atoms with Crippen LogP contribution in [0.4, 0.5) is 5.69 Å². The van der Waals surface area contributed by atoms with Gasteiger partial charge >= 0.3 is 0 Å². The number of hydrogen-bond acceptors (Lipinski definition) is 8. The van der Waals surface area contributed by atoms with Crippen LogP contribution in [0.2, 0.25) is 0 Å². The molecule has 0 spiro atoms. The molecule has 5 rings (SSSR count). The van der Waals surface area contributed by atoms with Crippen molar-refractivity contribution in [3.05, 3.63) is 77.6 Å². The first-order valence-corrected chi connectivity index (χ1v) is 12.7. The molecule has 0 bridgehead atoms. The molecule has 0 saturated heterocycles. The smallest absolute Gasteiger partial charge is 0.283 e. The molecule has 4 N–H and O–H groups in total. The molecule has 1 aliphatic heterocycles. The summed E-state index contributed by atoms with van der Waals surface area (Å²) in [6, 6.07) is 18.3. The monoisotopic (exact) mass is 578 g/mol. The molecular formula is C30H31ClN4O6. The maximum Gasteiger partial charge on any atom is 0.283 e. The Kier molecular flexibility index (Phi) is 9.16. The number of nitrogens with one attached hydrogen (secondary N) is 1. The molecule has 0 fully saturated rings. The third-order valence-corrected chi connectivity index (χ3v) is 6.72. The van der Waals surface area contributed by atoms with E-state index < -0.39 is 6.04 Å². The molecule has 0 saturated carbocycles. The molecule has 0 radical (unpaired) electrons. The zero-order valence-corrected chi connectivity index (χ0v) is 23.9. The van der Waals surface area contributed by atoms with E-state index in [1.54, 1.807) is 34.5 Å². The van der Waals surface area contributed by atoms with E-state index in [0.29, 0.717) is 53.1 Å². The number of rotatable bonds is 10. The summed E-state index contributed by atoms with van der Waals surface area (Å²) in [5.41, 5.74) is 8.51. The molecule has 11 heteroatoms. The van der Waals surface area contributed by atoms with Crippen molar-refractivity contribution in [3.63, 3.8) is 0 Å². The summed E-state index contributed by atoms with van der Waals surface area (Å²) in [4.78, 5) is 13.2. The fraction of sp³-hybridized carbons (Fsp3) is 0.233. The van der Waals surface area contributed by atoms with Crippen LogP contribution in [0.5, 0.6) is 23.0 Å². The predicted octanol–water partition coefficient (Wildman–Crippen LogP) is 1.60. The number of hydrogen-bond donors (Lipinski definition) is 2. The standard InChI is InChI=1S/C30H30N4O6.ClH/c1-36-25-10-9-17(21-16-32-34-28(21)19-13-26(37-2)29(39-4)27(14-19)38-3)12-23(25)33-30(35)22(31)15-20-11-18-7-5-6-8-24(18)40-20;/h5-14,22H,15-16,31H2,1-4H3,(H,33,35);1H. The number of carbonyl (C=O) groups is 1. The number of carbonyl (C=O) groups excluding carboxylic acids is 1. The number of benzene rings is 3. The van der Waals surface area contributed by atoms with Crippen LogP contribution in [0.1, 0.15) is 16.9 Å². The lowest BCUT2D eigenvalue weighted by Crippen LogP contribution is -3.00. The average molecular weight is 579 g/mol. The minimum Gasteiger partial charge on any atom is -1.00 e. The molecular weight excluding hydrogens is 548 g/mol. The van der Waals surface area contributed by atoms with E-state index in [9.17, 15) is 4.79 Å². The van der Waals surface area contributed by atoms with Gasteiger partial charge in [-0.3, -0.25) is 4.79 Å². The first-order chi connectivity index (χ1) is 19.4. The van der Waals surface area contributed by atoms with Crippen LogP contribution in [-0.2, 0) is 11.2 Å². The van der Waals surface area contributed by atoms with Crippen LogP contribution in [0.25, 0.3) is 22.2 Å². The second kappa shape index (κ2) is 12.8. The lowest BCUT2D eigenvalue weighted by molar-refractivity contribution is -0.402. The van der Waals surface area contributed by atoms with E-state index in [-0.39, 0.29) is 18.3 Å². The molecule has 1 aliphatic rings. The molecule has 4 aromatic rings. The van der Waals surface area contributed by atoms with Crippen molar-refractivity contribution in [2.45, 2.75) is 12.5 Å². The van der Waals surface area contributed by atoms with E-state index in [1.807, 2.05) is 54.6 Å². The normalized spacial score (nSPS) is 13.1. The molecule has 10 nitrogen and oxygen atoms in total. The van der Waals surface area contributed by atoms with Crippen molar-refractivity contribution in [1.82, 2.24) is 0 Å². The summed E-state index contributed by atoms with van der Waals surface area (Å²) >= 11 is 0. The number of ether oxygens (including phenoxy) is 4. The fourth-order valence-electron chi connectivity index (χ4n) is 4.69. The van der Waals surface area contributed by atoms with Gasteiger partial charge in [0.25, 0.3) is 5.91 Å². The topological polar surface area (TPSA) is 132 Å². The number of furan rings is 1. The first-order valence-electron chi connectivity index (χ1n) is 12.7. The molecule has 1 amide bonds. The van der Waals surface area contributed by atoms with Crippen LogP contribution >= 0.6 is 0 Å². The molecule has 214 valence electrons. The molecule has 1 aromatic heterocycles. The molecule has 41 heavy (non-hydrogen) atoms. The van der Waals surface area contributed by atoms with Gasteiger partial charge < -0.3 is 46.8 Å². The zero-order chi connectivity index (χ0) is 28.2. The number of nitrogens with zero attached hydrogens (tertiary/aromatic N) is 2. The summed E-state index contributed by atoms with van der Waals surface area (Å²) in [5.74, 6) is 2.49. The third kappa shape index (κ3) is 5.98. The van der Waals surface area contributed by atoms with E-state index >= 15 is 0 Å². The Labute approximate surface area is 243 Å². The van der Waals surface area contributed by atoms with Crippen molar-refractivity contribution in [1.29, 1.82) is 0 Å². The maximum absolute atomic E-state index is 13.2. The van der Waals surface area contributed by atoms with Crippen molar-refractivity contribution < 1.29 is 46.3 Å². The highest BCUT2D eigenvalue weighted by molar-refractivity contribution is 5.98. The predicted molar refractivity (Wildman–Crippen MR) is 151 cm³/mol. The minimum absolute atomic E-state index is 0. The Hall–Kier alpha value is -4.54. The molecule has 2 heterocycles. The van der Waals surface area contributed by atoms with Gasteiger partial charge in [0.15, 0.2) is 17.5 Å². The van der Waals surface area contributed by atoms with Crippen LogP contribution in [0.15, 0.2) is 75.3 Å². The number of azo groups is 1. The summed E-state index contributed by atoms with van der Waals surface area (Å²) in [7, 11) is 6.24. The van der Waals surface area contributed by atoms with Crippen molar-refractivity contribution >= 4 is 33.8 Å². The van der Waals surface area contributed by atoms with Crippen LogP contribution in [0, 0.1) is 0 Å². The Morgan fingerprint density at radius 2 is 1.63 bits per heavy atom. The van der Waals surface area contributed by atoms with Crippen molar-refractivity contribution in [3.8, 4) is 23.0 Å². The van der Waals surface area contributed by atoms with Crippen LogP contribution < -0.4 is 42.4 Å². The number of para-hydroxylation sites is 1. The van der Waals surface area contributed by atoms with E-state index in [1.165, 1.54) is 0 Å². The SMILES string of the molecule is COc1ccc(C2=C(c3cc(OC)c(OC)c(OC)c3)N=NC2)cc1NC(=O)C([NH3+])Cc1cc2ccccc2o1.[Cl-]. The number of anilines is 1. The van der Waals surface area contributed by atoms with Gasteiger partial charge in [0, 0.05) is 16.5 Å². The largest absolute Gasteiger partial charge is 1.00 e. The van der Waals surface area contributed by atoms with Gasteiger partial charge in [-0.15, -0.1) is 0 Å². The number of quaternary nitrogens is 1. The summed E-state index contributed by atoms with van der Waals surface area (Å²) in [5, 5.41) is 12.7. The summed E-state index contributed by atoms with van der Waals surface area (Å²) in [6.07, 6.45) is 0.358. The quantitative estimate of drug-likeness (QED) is 0.294. The van der Waals surface area contributed by atoms with Crippen LogP contribution in [-0.4, -0.2) is 46.9 Å². The minimum atomic E-state index is -0.584. The van der Waals surface area contributed by atoms with Gasteiger partial charge in [-0.05, 0) is 42.0 Å². The summed E-state index contributed by atoms with van der Waals surface area (Å²) < 4.78 is 27.9. The highest BCUT2D eigenvalue weighted by atomic mass is 35.5. The van der Waals surface area contributed by atoms with Crippen LogP contribution in [0.3, 0.4) is 0 Å². The van der Waals surface area contributed by atoms with Crippen molar-refractivity contribution in [2.24, 2.45) is 10.2 Å². The van der Waals surface area contributed by atoms with Gasteiger partial charge in [0.2, 0.25) is 5.75 Å². The Morgan fingerprint density at radius 1 is 0.927 bits per heavy atom. The van der Waals surface area contributed by atoms with Crippen molar-refractivity contribution in [2.75, 3.05) is 40.3 Å². The van der Waals surface area contributed by atoms with Gasteiger partial charge in [-0.25, -0.2) is 0 Å². The van der Waals surface area contributed by atoms with E-state index in [4.69, 9.17) is 23.4 Å². The number of fused-ring (bicyclic) bond motifs is 1. The molecule has 3 aromatic carbocycles. The lowest BCUT2D eigenvalue weighted by Gasteiger charge is -2.16. The Bertz CT molecular complexity index is 1570. The number of amides is 1. The second-order valence-electron chi connectivity index (χ2n) is 9.20. The molecule has 1 atom stereocenters. The number of halogens is 1. The molecule has 0 aliphatic carbocycles. The molecule has 1 unspecified atom stereocenters. The maximum atomic E-state index is 13.2. The van der Waals surface area contributed by atoms with E-state index in [2.05, 4.69) is 21.3 Å². The lowest BCUT2D eigenvalue weighted by atomic mass is 9.99. The summed E-state index contributed by atoms with van der Waals surface area (Å²) in [6.45, 7) is 0.371. The second-order valence-corrected chi connectivity index (χ2v) is 9.20. The average Bonchev–Trinajstić information content (AvgIpc) is 3.63. The Balaban J connectivity index is 0.00000387. The fourth-order valence-corrected chi connectivity index (χ4v) is 4.69. The van der Waals surface area contributed by atoms with Gasteiger partial charge in [0.1, 0.15) is 17.1 Å². The van der Waals surface area contributed by atoms with E-state index in [0.717, 1.165) is 27.7 Å². The Morgan fingerprint density at radius 3 is 2.29 bits per heavy atom. The first kappa shape index (κ1) is 29.4. The highest BCUT2D eigenvalue weighted by Gasteiger charge is 2.24. The van der Waals surface area contributed by atoms with Gasteiger partial charge in [-0.2, -0.15) is 10.2 Å².